The monoisotopic (exact) mass is 474 g/mol. The average molecular weight is 475 g/mol. The fourth-order valence-corrected chi connectivity index (χ4v) is 7.23. The fourth-order valence-electron chi connectivity index (χ4n) is 6.32. The van der Waals surface area contributed by atoms with E-state index < -0.39 is 0 Å². The molecule has 2 aromatic rings. The van der Waals surface area contributed by atoms with Gasteiger partial charge in [0.2, 0.25) is 0 Å². The number of urea groups is 1. The molecule has 1 heterocycles. The average Bonchev–Trinajstić information content (AvgIpc) is 3.15. The van der Waals surface area contributed by atoms with E-state index in [1.54, 1.807) is 6.20 Å². The molecule has 0 saturated heterocycles. The zero-order chi connectivity index (χ0) is 22.1. The first-order valence-corrected chi connectivity index (χ1v) is 12.8. The minimum Gasteiger partial charge on any atom is -0.380 e. The summed E-state index contributed by atoms with van der Waals surface area (Å²) in [7, 11) is 0. The number of anilines is 2. The molecular formula is C24H31ClN4O2S. The van der Waals surface area contributed by atoms with Gasteiger partial charge < -0.3 is 20.7 Å². The first-order chi connectivity index (χ1) is 15.4. The normalized spacial score (nSPS) is 29.0. The molecule has 2 amide bonds. The lowest BCUT2D eigenvalue weighted by molar-refractivity contribution is -0.182. The van der Waals surface area contributed by atoms with Crippen LogP contribution in [-0.2, 0) is 11.3 Å². The summed E-state index contributed by atoms with van der Waals surface area (Å²) >= 11 is 7.33. The summed E-state index contributed by atoms with van der Waals surface area (Å²) in [5.74, 6) is 2.58. The zero-order valence-electron chi connectivity index (χ0n) is 18.4. The van der Waals surface area contributed by atoms with Crippen LogP contribution in [0.3, 0.4) is 0 Å². The summed E-state index contributed by atoms with van der Waals surface area (Å²) < 4.78 is 7.12. The molecule has 4 aliphatic rings. The van der Waals surface area contributed by atoms with Gasteiger partial charge in [-0.25, -0.2) is 9.78 Å². The highest BCUT2D eigenvalue weighted by atomic mass is 35.5. The molecule has 1 atom stereocenters. The van der Waals surface area contributed by atoms with Gasteiger partial charge in [0.25, 0.3) is 0 Å². The Balaban J connectivity index is 1.08. The van der Waals surface area contributed by atoms with Gasteiger partial charge >= 0.3 is 6.03 Å². The topological polar surface area (TPSA) is 75.3 Å². The van der Waals surface area contributed by atoms with Crippen LogP contribution in [0.5, 0.6) is 0 Å². The highest BCUT2D eigenvalue weighted by Crippen LogP contribution is 2.57. The van der Waals surface area contributed by atoms with Crippen molar-refractivity contribution in [2.24, 2.45) is 17.8 Å². The van der Waals surface area contributed by atoms with Crippen LogP contribution in [-0.4, -0.2) is 29.3 Å². The number of carbonyl (C=O) groups is 1. The number of nitrogens with zero attached hydrogens (tertiary/aromatic N) is 1. The van der Waals surface area contributed by atoms with Crippen LogP contribution in [0.4, 0.5) is 16.2 Å². The van der Waals surface area contributed by atoms with Crippen molar-refractivity contribution in [1.82, 2.24) is 10.3 Å². The minimum absolute atomic E-state index is 0.0104. The maximum Gasteiger partial charge on any atom is 0.319 e. The number of amides is 2. The van der Waals surface area contributed by atoms with Gasteiger partial charge in [0.05, 0.1) is 18.2 Å². The molecule has 0 spiro atoms. The third-order valence-electron chi connectivity index (χ3n) is 7.10. The summed E-state index contributed by atoms with van der Waals surface area (Å²) in [4.78, 5) is 17.6. The van der Waals surface area contributed by atoms with Crippen LogP contribution >= 0.6 is 22.9 Å². The van der Waals surface area contributed by atoms with Gasteiger partial charge in [-0.15, -0.1) is 11.3 Å². The molecule has 32 heavy (non-hydrogen) atoms. The van der Waals surface area contributed by atoms with Gasteiger partial charge in [0.15, 0.2) is 4.47 Å². The lowest BCUT2D eigenvalue weighted by atomic mass is 9.54. The number of carbonyl (C=O) groups excluding carboxylic acids is 1. The van der Waals surface area contributed by atoms with Crippen molar-refractivity contribution in [2.45, 2.75) is 63.7 Å². The molecule has 4 aliphatic carbocycles. The largest absolute Gasteiger partial charge is 0.380 e. The smallest absolute Gasteiger partial charge is 0.319 e. The Labute approximate surface area is 198 Å². The quantitative estimate of drug-likeness (QED) is 0.445. The van der Waals surface area contributed by atoms with E-state index in [0.29, 0.717) is 17.6 Å². The van der Waals surface area contributed by atoms with Gasteiger partial charge in [0.1, 0.15) is 0 Å². The number of rotatable bonds is 8. The summed E-state index contributed by atoms with van der Waals surface area (Å²) in [5, 5.41) is 9.23. The maximum atomic E-state index is 12.5. The van der Waals surface area contributed by atoms with Gasteiger partial charge in [-0.05, 0) is 81.4 Å². The van der Waals surface area contributed by atoms with Gasteiger partial charge in [-0.2, -0.15) is 0 Å². The van der Waals surface area contributed by atoms with Crippen LogP contribution in [0, 0.1) is 17.8 Å². The SMILES string of the molecule is CC(CNC(=O)Nc1cccc(NCc2cnc(Cl)s2)c1)OC12CC3CC(CC(C3)C1)C2. The van der Waals surface area contributed by atoms with Crippen LogP contribution < -0.4 is 16.0 Å². The number of thiazole rings is 1. The summed E-state index contributed by atoms with van der Waals surface area (Å²) in [6, 6.07) is 7.46. The minimum atomic E-state index is -0.211. The first kappa shape index (κ1) is 22.0. The molecule has 1 aromatic carbocycles. The molecule has 8 heteroatoms. The number of ether oxygens (including phenoxy) is 1. The van der Waals surface area contributed by atoms with Crippen molar-refractivity contribution in [3.05, 3.63) is 39.8 Å². The maximum absolute atomic E-state index is 12.5. The fraction of sp³-hybridized carbons (Fsp3) is 0.583. The van der Waals surface area contributed by atoms with Crippen molar-refractivity contribution in [2.75, 3.05) is 17.2 Å². The van der Waals surface area contributed by atoms with Crippen molar-refractivity contribution in [3.63, 3.8) is 0 Å². The summed E-state index contributed by atoms with van der Waals surface area (Å²) in [5.41, 5.74) is 1.73. The molecule has 4 bridgehead atoms. The van der Waals surface area contributed by atoms with E-state index in [-0.39, 0.29) is 17.7 Å². The molecule has 6 nitrogen and oxygen atoms in total. The Morgan fingerprint density at radius 1 is 1.22 bits per heavy atom. The third kappa shape index (κ3) is 5.21. The van der Waals surface area contributed by atoms with Crippen LogP contribution in [0.2, 0.25) is 4.47 Å². The second kappa shape index (κ2) is 9.20. The Hall–Kier alpha value is -1.83. The lowest BCUT2D eigenvalue weighted by Crippen LogP contribution is -2.54. The summed E-state index contributed by atoms with van der Waals surface area (Å²) in [6.45, 7) is 3.23. The Morgan fingerprint density at radius 2 is 1.91 bits per heavy atom. The predicted molar refractivity (Wildman–Crippen MR) is 129 cm³/mol. The summed E-state index contributed by atoms with van der Waals surface area (Å²) in [6.07, 6.45) is 9.63. The molecule has 6 rings (SSSR count). The van der Waals surface area contributed by atoms with Crippen molar-refractivity contribution in [3.8, 4) is 0 Å². The molecule has 0 aliphatic heterocycles. The number of aromatic nitrogens is 1. The third-order valence-corrected chi connectivity index (χ3v) is 8.21. The number of halogens is 1. The van der Waals surface area contributed by atoms with E-state index in [1.165, 1.54) is 49.9 Å². The second-order valence-electron chi connectivity index (χ2n) is 9.88. The Kier molecular flexibility index (Phi) is 6.32. The van der Waals surface area contributed by atoms with Crippen molar-refractivity contribution < 1.29 is 9.53 Å². The number of benzene rings is 1. The Bertz CT molecular complexity index is 930. The highest BCUT2D eigenvalue weighted by molar-refractivity contribution is 7.15. The van der Waals surface area contributed by atoms with Crippen LogP contribution in [0.25, 0.3) is 0 Å². The molecular weight excluding hydrogens is 444 g/mol. The van der Waals surface area contributed by atoms with Gasteiger partial charge in [-0.1, -0.05) is 17.7 Å². The number of hydrogen-bond donors (Lipinski definition) is 3. The first-order valence-electron chi connectivity index (χ1n) is 11.6. The van der Waals surface area contributed by atoms with Gasteiger partial charge in [0, 0.05) is 29.0 Å². The number of hydrogen-bond acceptors (Lipinski definition) is 5. The van der Waals surface area contributed by atoms with Crippen LogP contribution in [0.15, 0.2) is 30.5 Å². The molecule has 0 radical (unpaired) electrons. The van der Waals surface area contributed by atoms with E-state index >= 15 is 0 Å². The molecule has 1 aromatic heterocycles. The number of nitrogens with one attached hydrogen (secondary N) is 3. The lowest BCUT2D eigenvalue weighted by Gasteiger charge is -2.57. The van der Waals surface area contributed by atoms with E-state index in [1.807, 2.05) is 24.3 Å². The second-order valence-corrected chi connectivity index (χ2v) is 11.6. The van der Waals surface area contributed by atoms with Crippen molar-refractivity contribution in [1.29, 1.82) is 0 Å². The van der Waals surface area contributed by atoms with E-state index in [4.69, 9.17) is 16.3 Å². The van der Waals surface area contributed by atoms with Gasteiger partial charge in [-0.3, -0.25) is 0 Å². The molecule has 172 valence electrons. The predicted octanol–water partition coefficient (Wildman–Crippen LogP) is 5.90. The van der Waals surface area contributed by atoms with E-state index in [0.717, 1.165) is 34.0 Å². The standard InChI is InChI=1S/C24H31ClN4O2S/c1-15(31-24-9-16-5-17(10-24)7-18(6-16)11-24)12-28-23(30)29-20-4-2-3-19(8-20)26-13-21-14-27-22(25)32-21/h2-4,8,14-18,26H,5-7,9-13H2,1H3,(H2,28,29,30). The molecule has 3 N–H and O–H groups in total. The zero-order valence-corrected chi connectivity index (χ0v) is 20.0. The van der Waals surface area contributed by atoms with Crippen molar-refractivity contribution >= 4 is 40.3 Å². The van der Waals surface area contributed by atoms with E-state index in [9.17, 15) is 4.79 Å². The Morgan fingerprint density at radius 3 is 2.56 bits per heavy atom. The highest BCUT2D eigenvalue weighted by Gasteiger charge is 2.52. The molecule has 1 unspecified atom stereocenters. The molecule has 4 fully saturated rings. The van der Waals surface area contributed by atoms with Crippen LogP contribution in [0.1, 0.15) is 50.3 Å². The molecule has 4 saturated carbocycles. The van der Waals surface area contributed by atoms with E-state index in [2.05, 4.69) is 27.9 Å².